The van der Waals surface area contributed by atoms with Gasteiger partial charge in [-0.3, -0.25) is 14.4 Å². The van der Waals surface area contributed by atoms with Gasteiger partial charge in [0.25, 0.3) is 0 Å². The van der Waals surface area contributed by atoms with Crippen LogP contribution in [0.25, 0.3) is 0 Å². The molecule has 4 atom stereocenters. The van der Waals surface area contributed by atoms with Crippen molar-refractivity contribution in [2.75, 3.05) is 27.4 Å². The first-order valence-electron chi connectivity index (χ1n) is 20.6. The van der Waals surface area contributed by atoms with Gasteiger partial charge in [0.15, 0.2) is 11.5 Å². The minimum Gasteiger partial charge on any atom is -0.493 e. The van der Waals surface area contributed by atoms with Gasteiger partial charge in [-0.05, 0) is 102 Å². The molecule has 330 valence electrons. The summed E-state index contributed by atoms with van der Waals surface area (Å²) in [6.45, 7) is 8.73. The minimum atomic E-state index is -1.56. The predicted molar refractivity (Wildman–Crippen MR) is 227 cm³/mol. The number of rotatable bonds is 20. The van der Waals surface area contributed by atoms with Crippen molar-refractivity contribution in [2.24, 2.45) is 0 Å². The topological polar surface area (TPSA) is 188 Å². The number of unbranched alkanes of at least 4 members (excludes halogenated alkanes) is 1. The van der Waals surface area contributed by atoms with E-state index in [-0.39, 0.29) is 39.0 Å². The van der Waals surface area contributed by atoms with Crippen LogP contribution in [0, 0.1) is 0 Å². The van der Waals surface area contributed by atoms with E-state index in [1.54, 1.807) is 76.2 Å². The zero-order valence-corrected chi connectivity index (χ0v) is 36.2. The number of ether oxygens (including phenoxy) is 5. The molecule has 15 nitrogen and oxygen atoms in total. The third kappa shape index (κ3) is 14.3. The molecule has 1 aliphatic heterocycles. The van der Waals surface area contributed by atoms with Crippen molar-refractivity contribution in [1.82, 2.24) is 20.9 Å². The molecule has 3 aromatic rings. The lowest BCUT2D eigenvalue weighted by molar-refractivity contribution is -0.155. The molecule has 1 heterocycles. The van der Waals surface area contributed by atoms with E-state index in [0.717, 1.165) is 5.56 Å². The summed E-state index contributed by atoms with van der Waals surface area (Å²) in [6.07, 6.45) is 1.13. The van der Waals surface area contributed by atoms with E-state index in [2.05, 4.69) is 16.0 Å². The maximum atomic E-state index is 14.5. The average Bonchev–Trinajstić information content (AvgIpc) is 3.74. The largest absolute Gasteiger partial charge is 0.493 e. The molecule has 1 fully saturated rings. The van der Waals surface area contributed by atoms with Gasteiger partial charge in [-0.25, -0.2) is 14.4 Å². The number of nitrogens with zero attached hydrogens (tertiary/aromatic N) is 1. The predicted octanol–water partition coefficient (Wildman–Crippen LogP) is 5.67. The lowest BCUT2D eigenvalue weighted by atomic mass is 9.94. The van der Waals surface area contributed by atoms with Crippen molar-refractivity contribution in [3.63, 3.8) is 0 Å². The number of nitrogens with one attached hydrogen (secondary N) is 3. The fraction of sp³-hybridized carbons (Fsp3) is 0.478. The van der Waals surface area contributed by atoms with Crippen molar-refractivity contribution in [2.45, 2.75) is 115 Å². The molecule has 0 radical (unpaired) electrons. The highest BCUT2D eigenvalue weighted by Gasteiger charge is 2.42. The lowest BCUT2D eigenvalue weighted by Gasteiger charge is -2.34. The zero-order valence-electron chi connectivity index (χ0n) is 36.2. The number of alkyl carbamates (subject to hydrolysis) is 1. The van der Waals surface area contributed by atoms with Crippen LogP contribution in [0.5, 0.6) is 11.5 Å². The number of hydrogen-bond acceptors (Lipinski definition) is 11. The van der Waals surface area contributed by atoms with Crippen LogP contribution in [0.15, 0.2) is 78.9 Å². The molecule has 61 heavy (non-hydrogen) atoms. The Morgan fingerprint density at radius 3 is 2.10 bits per heavy atom. The number of methoxy groups -OCH3 is 2. The van der Waals surface area contributed by atoms with Gasteiger partial charge in [0.2, 0.25) is 17.7 Å². The van der Waals surface area contributed by atoms with Gasteiger partial charge in [0.05, 0.1) is 26.4 Å². The Balaban J connectivity index is 1.52. The van der Waals surface area contributed by atoms with Crippen LogP contribution in [0.4, 0.5) is 4.79 Å². The van der Waals surface area contributed by atoms with Gasteiger partial charge in [0.1, 0.15) is 35.9 Å². The van der Waals surface area contributed by atoms with Gasteiger partial charge in [-0.2, -0.15) is 0 Å². The van der Waals surface area contributed by atoms with Crippen LogP contribution in [0.1, 0.15) is 94.6 Å². The van der Waals surface area contributed by atoms with E-state index >= 15 is 0 Å². The number of hydrogen-bond donors (Lipinski definition) is 3. The number of carbonyl (C=O) groups is 6. The fourth-order valence-corrected chi connectivity index (χ4v) is 6.72. The van der Waals surface area contributed by atoms with E-state index in [4.69, 9.17) is 23.7 Å². The van der Waals surface area contributed by atoms with Crippen molar-refractivity contribution in [3.8, 4) is 11.5 Å². The van der Waals surface area contributed by atoms with E-state index in [9.17, 15) is 28.8 Å². The third-order valence-corrected chi connectivity index (χ3v) is 10.3. The highest BCUT2D eigenvalue weighted by molar-refractivity contribution is 5.97. The highest BCUT2D eigenvalue weighted by atomic mass is 16.6. The van der Waals surface area contributed by atoms with Gasteiger partial charge >= 0.3 is 18.0 Å². The Bertz CT molecular complexity index is 1950. The smallest absolute Gasteiger partial charge is 0.408 e. The summed E-state index contributed by atoms with van der Waals surface area (Å²) in [5, 5.41) is 8.34. The molecule has 4 amide bonds. The normalized spacial score (nSPS) is 15.6. The molecule has 0 unspecified atom stereocenters. The van der Waals surface area contributed by atoms with Gasteiger partial charge in [-0.1, -0.05) is 61.5 Å². The molecule has 0 saturated carbocycles. The molecule has 0 aliphatic carbocycles. The lowest BCUT2D eigenvalue weighted by Crippen LogP contribution is -2.63. The second kappa shape index (κ2) is 22.5. The molecule has 1 aliphatic rings. The molecule has 3 N–H and O–H groups in total. The van der Waals surface area contributed by atoms with Crippen LogP contribution in [0.2, 0.25) is 0 Å². The molecule has 1 saturated heterocycles. The van der Waals surface area contributed by atoms with E-state index in [1.807, 2.05) is 30.3 Å². The highest BCUT2D eigenvalue weighted by Crippen LogP contribution is 2.29. The maximum absolute atomic E-state index is 14.5. The summed E-state index contributed by atoms with van der Waals surface area (Å²) in [5.74, 6) is -1.94. The van der Waals surface area contributed by atoms with Crippen molar-refractivity contribution < 1.29 is 52.5 Å². The van der Waals surface area contributed by atoms with Gasteiger partial charge in [-0.15, -0.1) is 0 Å². The Morgan fingerprint density at radius 2 is 1.46 bits per heavy atom. The SMILES string of the molecule is CC[C@](C)(NC(=O)[C@H](CCCCOC(=O)c1ccccc1)NC(=O)OC(C)(C)C)C(=O)N[C@@H](Cc1ccc(OC)c(OC)c1)C(=O)N1CCC[C@@H]1C(=O)OCc1ccccc1. The zero-order chi connectivity index (χ0) is 44.6. The van der Waals surface area contributed by atoms with Crippen LogP contribution in [-0.2, 0) is 46.4 Å². The second-order valence-corrected chi connectivity index (χ2v) is 16.1. The first-order chi connectivity index (χ1) is 29.1. The molecule has 0 aromatic heterocycles. The molecule has 15 heteroatoms. The number of carbonyl (C=O) groups excluding carboxylic acids is 6. The Hall–Kier alpha value is -6.12. The summed E-state index contributed by atoms with van der Waals surface area (Å²) in [4.78, 5) is 83.0. The van der Waals surface area contributed by atoms with Crippen LogP contribution < -0.4 is 25.4 Å². The van der Waals surface area contributed by atoms with Crippen LogP contribution >= 0.6 is 0 Å². The molecular formula is C46H60N4O11. The third-order valence-electron chi connectivity index (χ3n) is 10.3. The monoisotopic (exact) mass is 844 g/mol. The quantitative estimate of drug-likeness (QED) is 0.0723. The Labute approximate surface area is 358 Å². The van der Waals surface area contributed by atoms with Crippen molar-refractivity contribution in [3.05, 3.63) is 95.6 Å². The number of benzene rings is 3. The van der Waals surface area contributed by atoms with E-state index in [0.29, 0.717) is 48.3 Å². The number of amides is 4. The Kier molecular flexibility index (Phi) is 17.5. The summed E-state index contributed by atoms with van der Waals surface area (Å²) >= 11 is 0. The maximum Gasteiger partial charge on any atom is 0.408 e. The summed E-state index contributed by atoms with van der Waals surface area (Å²) in [7, 11) is 2.99. The average molecular weight is 845 g/mol. The van der Waals surface area contributed by atoms with Crippen molar-refractivity contribution >= 4 is 35.8 Å². The van der Waals surface area contributed by atoms with Crippen molar-refractivity contribution in [1.29, 1.82) is 0 Å². The number of esters is 2. The van der Waals surface area contributed by atoms with E-state index in [1.165, 1.54) is 26.0 Å². The summed E-state index contributed by atoms with van der Waals surface area (Å²) < 4.78 is 27.3. The first kappa shape index (κ1) is 47.6. The summed E-state index contributed by atoms with van der Waals surface area (Å²) in [6, 6.07) is 19.8. The molecule has 0 spiro atoms. The van der Waals surface area contributed by atoms with Gasteiger partial charge in [0, 0.05) is 13.0 Å². The Morgan fingerprint density at radius 1 is 0.787 bits per heavy atom. The molecular weight excluding hydrogens is 785 g/mol. The molecule has 0 bridgehead atoms. The van der Waals surface area contributed by atoms with Crippen LogP contribution in [0.3, 0.4) is 0 Å². The molecule has 3 aromatic carbocycles. The van der Waals surface area contributed by atoms with Crippen LogP contribution in [-0.4, -0.2) is 97.3 Å². The van der Waals surface area contributed by atoms with E-state index < -0.39 is 65.0 Å². The second-order valence-electron chi connectivity index (χ2n) is 16.1. The standard InChI is InChI=1S/C46H60N4O11/c1-8-46(5,49-39(51)34(48-44(56)61-45(2,3)4)22-15-16-27-59-41(53)33-20-13-10-14-21-33)43(55)47-35(28-32-24-25-37(57-6)38(29-32)58-7)40(52)50-26-17-23-36(50)42(54)60-30-31-18-11-9-12-19-31/h9-14,18-21,24-25,29,34-36H,8,15-17,22-23,26-28,30H2,1-7H3,(H,47,55)(H,48,56)(H,49,51)/t34-,35-,36+,46-/m0/s1. The van der Waals surface area contributed by atoms with Gasteiger partial charge < -0.3 is 44.5 Å². The molecule has 4 rings (SSSR count). The minimum absolute atomic E-state index is 0.0125. The first-order valence-corrected chi connectivity index (χ1v) is 20.6. The number of likely N-dealkylation sites (tertiary alicyclic amines) is 1. The fourth-order valence-electron chi connectivity index (χ4n) is 6.72. The summed E-state index contributed by atoms with van der Waals surface area (Å²) in [5.41, 5.74) is -0.559.